The third-order valence-corrected chi connectivity index (χ3v) is 8.06. The molecule has 0 bridgehead atoms. The van der Waals surface area contributed by atoms with Crippen molar-refractivity contribution >= 4 is 29.2 Å². The van der Waals surface area contributed by atoms with E-state index in [-0.39, 0.29) is 30.0 Å². The fourth-order valence-corrected chi connectivity index (χ4v) is 5.06. The maximum Gasteiger partial charge on any atom is 0.306 e. The second-order valence-corrected chi connectivity index (χ2v) is 11.7. The molecule has 7 unspecified atom stereocenters. The van der Waals surface area contributed by atoms with Crippen LogP contribution in [0.15, 0.2) is 11.0 Å². The third kappa shape index (κ3) is 8.46. The molecule has 0 amide bonds. The summed E-state index contributed by atoms with van der Waals surface area (Å²) in [6.45, 7) is 10.6. The van der Waals surface area contributed by atoms with Gasteiger partial charge in [-0.05, 0) is 45.1 Å². The summed E-state index contributed by atoms with van der Waals surface area (Å²) in [6.07, 6.45) is 2.86. The van der Waals surface area contributed by atoms with Crippen LogP contribution in [0, 0.1) is 24.2 Å². The minimum atomic E-state index is -1.31. The standard InChI is InChI=1S/C26H42N2O6S/c1-14(24(32)16(3)25(33)26(5,6)22(29)12-23(30)31)8-7-9-20-21(34-20)11-19(27)15(2)10-18-13-35-17(4)28-18/h10,13-14,16,19-22,24,29,32H,7-9,11-12,27H2,1-6H3,(H,30,31). The third-order valence-electron chi connectivity index (χ3n) is 7.26. The molecular formula is C26H42N2O6S. The number of hydrogen-bond donors (Lipinski definition) is 4. The van der Waals surface area contributed by atoms with Gasteiger partial charge in [-0.1, -0.05) is 39.7 Å². The van der Waals surface area contributed by atoms with E-state index in [2.05, 4.69) is 4.98 Å². The van der Waals surface area contributed by atoms with Crippen LogP contribution >= 0.6 is 11.3 Å². The smallest absolute Gasteiger partial charge is 0.306 e. The van der Waals surface area contributed by atoms with Gasteiger partial charge in [0.25, 0.3) is 0 Å². The zero-order chi connectivity index (χ0) is 26.5. The summed E-state index contributed by atoms with van der Waals surface area (Å²) in [5, 5.41) is 32.9. The van der Waals surface area contributed by atoms with E-state index in [1.54, 1.807) is 18.3 Å². The van der Waals surface area contributed by atoms with Gasteiger partial charge in [-0.2, -0.15) is 0 Å². The zero-order valence-corrected chi connectivity index (χ0v) is 22.5. The lowest BCUT2D eigenvalue weighted by molar-refractivity contribution is -0.147. The summed E-state index contributed by atoms with van der Waals surface area (Å²) in [4.78, 5) is 28.3. The predicted octanol–water partition coefficient (Wildman–Crippen LogP) is 3.57. The number of nitrogens with zero attached hydrogens (tertiary/aromatic N) is 1. The van der Waals surface area contributed by atoms with Crippen molar-refractivity contribution in [3.63, 3.8) is 0 Å². The van der Waals surface area contributed by atoms with Crippen LogP contribution in [0.2, 0.25) is 0 Å². The molecule has 9 heteroatoms. The lowest BCUT2D eigenvalue weighted by Gasteiger charge is -2.34. The summed E-state index contributed by atoms with van der Waals surface area (Å²) in [5.41, 5.74) is 7.11. The quantitative estimate of drug-likeness (QED) is 0.262. The first-order valence-electron chi connectivity index (χ1n) is 12.4. The van der Waals surface area contributed by atoms with Gasteiger partial charge in [-0.3, -0.25) is 9.59 Å². The number of aryl methyl sites for hydroxylation is 1. The molecule has 8 nitrogen and oxygen atoms in total. The fourth-order valence-electron chi connectivity index (χ4n) is 4.49. The van der Waals surface area contributed by atoms with Gasteiger partial charge in [0, 0.05) is 17.3 Å². The minimum Gasteiger partial charge on any atom is -0.481 e. The number of aliphatic carboxylic acids is 1. The summed E-state index contributed by atoms with van der Waals surface area (Å²) >= 11 is 1.62. The number of aliphatic hydroxyl groups excluding tert-OH is 2. The second kappa shape index (κ2) is 12.5. The maximum atomic E-state index is 12.9. The number of ether oxygens (including phenoxy) is 1. The largest absolute Gasteiger partial charge is 0.481 e. The molecule has 1 aliphatic rings. The number of rotatable bonds is 15. The lowest BCUT2D eigenvalue weighted by Crippen LogP contribution is -2.45. The van der Waals surface area contributed by atoms with E-state index in [1.165, 1.54) is 13.8 Å². The Morgan fingerprint density at radius 2 is 1.94 bits per heavy atom. The van der Waals surface area contributed by atoms with E-state index in [9.17, 15) is 19.8 Å². The van der Waals surface area contributed by atoms with Crippen LogP contribution in [-0.2, 0) is 14.3 Å². The summed E-state index contributed by atoms with van der Waals surface area (Å²) in [5.74, 6) is -2.32. The molecule has 2 heterocycles. The first kappa shape index (κ1) is 29.6. The van der Waals surface area contributed by atoms with Crippen LogP contribution in [-0.4, -0.2) is 62.5 Å². The average Bonchev–Trinajstić information content (AvgIpc) is 3.38. The van der Waals surface area contributed by atoms with Gasteiger partial charge in [0.1, 0.15) is 5.78 Å². The van der Waals surface area contributed by atoms with Crippen LogP contribution in [0.1, 0.15) is 77.4 Å². The predicted molar refractivity (Wildman–Crippen MR) is 137 cm³/mol. The highest BCUT2D eigenvalue weighted by atomic mass is 32.1. The molecule has 0 aliphatic carbocycles. The molecule has 0 saturated carbocycles. The van der Waals surface area contributed by atoms with E-state index in [1.807, 2.05) is 32.2 Å². The molecule has 7 atom stereocenters. The molecular weight excluding hydrogens is 468 g/mol. The molecule has 35 heavy (non-hydrogen) atoms. The number of carbonyl (C=O) groups is 2. The molecule has 1 fully saturated rings. The van der Waals surface area contributed by atoms with Crippen LogP contribution in [0.4, 0.5) is 0 Å². The highest BCUT2D eigenvalue weighted by molar-refractivity contribution is 7.09. The van der Waals surface area contributed by atoms with Crippen molar-refractivity contribution in [3.8, 4) is 0 Å². The molecule has 0 radical (unpaired) electrons. The van der Waals surface area contributed by atoms with Crippen molar-refractivity contribution in [3.05, 3.63) is 21.7 Å². The van der Waals surface area contributed by atoms with Gasteiger partial charge in [0.05, 0.1) is 47.0 Å². The SMILES string of the molecule is CC(=Cc1csc(C)n1)C(N)CC1OC1CCCC(C)C(O)C(C)C(=O)C(C)(C)C(O)CC(=O)O. The summed E-state index contributed by atoms with van der Waals surface area (Å²) < 4.78 is 5.81. The number of aliphatic hydroxyl groups is 2. The number of carbonyl (C=O) groups excluding carboxylic acids is 1. The minimum absolute atomic E-state index is 0.0838. The van der Waals surface area contributed by atoms with E-state index < -0.39 is 35.9 Å². The molecule has 1 aromatic rings. The molecule has 5 N–H and O–H groups in total. The van der Waals surface area contributed by atoms with Gasteiger partial charge in [0.15, 0.2) is 0 Å². The van der Waals surface area contributed by atoms with Gasteiger partial charge >= 0.3 is 5.97 Å². The monoisotopic (exact) mass is 510 g/mol. The van der Waals surface area contributed by atoms with Crippen molar-refractivity contribution in [2.75, 3.05) is 0 Å². The van der Waals surface area contributed by atoms with E-state index in [0.717, 1.165) is 42.0 Å². The zero-order valence-electron chi connectivity index (χ0n) is 21.7. The van der Waals surface area contributed by atoms with Gasteiger partial charge in [-0.25, -0.2) is 4.98 Å². The molecule has 2 rings (SSSR count). The Balaban J connectivity index is 1.74. The average molecular weight is 511 g/mol. The number of carboxylic acid groups (broad SMARTS) is 1. The first-order chi connectivity index (χ1) is 16.2. The Hall–Kier alpha value is -1.65. The molecule has 1 aromatic heterocycles. The maximum absolute atomic E-state index is 12.9. The number of Topliss-reactive ketones (excluding diaryl/α,β-unsaturated/α-hetero) is 1. The fraction of sp³-hybridized carbons (Fsp3) is 0.731. The Labute approximate surface area is 212 Å². The van der Waals surface area contributed by atoms with Gasteiger partial charge in [0.2, 0.25) is 0 Å². The number of thiazole rings is 1. The number of epoxide rings is 1. The van der Waals surface area contributed by atoms with Gasteiger partial charge in [-0.15, -0.1) is 11.3 Å². The molecule has 1 aliphatic heterocycles. The number of carboxylic acids is 1. The van der Waals surface area contributed by atoms with Crippen molar-refractivity contribution in [1.82, 2.24) is 4.98 Å². The van der Waals surface area contributed by atoms with Crippen molar-refractivity contribution in [1.29, 1.82) is 0 Å². The molecule has 0 aromatic carbocycles. The van der Waals surface area contributed by atoms with E-state index in [0.29, 0.717) is 0 Å². The Kier molecular flexibility index (Phi) is 10.6. The second-order valence-electron chi connectivity index (χ2n) is 10.6. The Bertz CT molecular complexity index is 898. The van der Waals surface area contributed by atoms with Gasteiger partial charge < -0.3 is 25.8 Å². The van der Waals surface area contributed by atoms with Crippen LogP contribution in [0.3, 0.4) is 0 Å². The molecule has 1 saturated heterocycles. The van der Waals surface area contributed by atoms with Crippen molar-refractivity contribution in [2.45, 2.75) is 104 Å². The molecule has 198 valence electrons. The van der Waals surface area contributed by atoms with Crippen molar-refractivity contribution in [2.24, 2.45) is 23.0 Å². The Morgan fingerprint density at radius 1 is 1.29 bits per heavy atom. The first-order valence-corrected chi connectivity index (χ1v) is 13.3. The van der Waals surface area contributed by atoms with Crippen molar-refractivity contribution < 1.29 is 29.6 Å². The van der Waals surface area contributed by atoms with E-state index >= 15 is 0 Å². The molecule has 0 spiro atoms. The highest BCUT2D eigenvalue weighted by Gasteiger charge is 2.42. The highest BCUT2D eigenvalue weighted by Crippen LogP contribution is 2.34. The number of hydrogen-bond acceptors (Lipinski definition) is 8. The van der Waals surface area contributed by atoms with E-state index in [4.69, 9.17) is 15.6 Å². The van der Waals surface area contributed by atoms with Crippen LogP contribution in [0.25, 0.3) is 6.08 Å². The summed E-state index contributed by atoms with van der Waals surface area (Å²) in [7, 11) is 0. The normalized spacial score (nSPS) is 22.8. The number of nitrogens with two attached hydrogens (primary N) is 1. The van der Waals surface area contributed by atoms with Crippen LogP contribution < -0.4 is 5.73 Å². The Morgan fingerprint density at radius 3 is 2.51 bits per heavy atom. The topological polar surface area (TPSA) is 146 Å². The number of ketones is 1. The summed E-state index contributed by atoms with van der Waals surface area (Å²) in [6, 6.07) is -0.0838. The van der Waals surface area contributed by atoms with Crippen LogP contribution in [0.5, 0.6) is 0 Å². The number of aromatic nitrogens is 1. The lowest BCUT2D eigenvalue weighted by atomic mass is 9.73.